The molecule has 1 aliphatic rings. The third kappa shape index (κ3) is 2.45. The number of hydrogen-bond acceptors (Lipinski definition) is 3. The smallest absolute Gasteiger partial charge is 0.0879 e. The highest BCUT2D eigenvalue weighted by Gasteiger charge is 2.44. The summed E-state index contributed by atoms with van der Waals surface area (Å²) in [6, 6.07) is 8.11. The van der Waals surface area contributed by atoms with Crippen LogP contribution in [-0.2, 0) is 0 Å². The lowest BCUT2D eigenvalue weighted by molar-refractivity contribution is 0.0310. The lowest BCUT2D eigenvalue weighted by Crippen LogP contribution is -2.34. The van der Waals surface area contributed by atoms with Crippen LogP contribution in [0.2, 0.25) is 0 Å². The van der Waals surface area contributed by atoms with Crippen LogP contribution in [0.15, 0.2) is 36.7 Å². The number of benzene rings is 1. The first-order chi connectivity index (χ1) is 10.2. The fraction of sp³-hybridized carbons (Fsp3) is 0.500. The van der Waals surface area contributed by atoms with Gasteiger partial charge in [-0.2, -0.15) is 0 Å². The van der Waals surface area contributed by atoms with E-state index in [2.05, 4.69) is 18.0 Å². The zero-order valence-electron chi connectivity index (χ0n) is 12.6. The van der Waals surface area contributed by atoms with E-state index in [0.29, 0.717) is 12.5 Å². The Labute approximate surface area is 126 Å². The van der Waals surface area contributed by atoms with Crippen LogP contribution >= 0.6 is 0 Å². The van der Waals surface area contributed by atoms with Gasteiger partial charge in [-0.3, -0.25) is 4.98 Å². The molecule has 3 heteroatoms. The number of rotatable bonds is 4. The van der Waals surface area contributed by atoms with Gasteiger partial charge in [-0.15, -0.1) is 0 Å². The number of fused-ring (bicyclic) bond motifs is 1. The van der Waals surface area contributed by atoms with Gasteiger partial charge in [-0.25, -0.2) is 0 Å². The molecular formula is C18H24N2O. The predicted molar refractivity (Wildman–Crippen MR) is 85.8 cm³/mol. The molecule has 0 bridgehead atoms. The molecule has 0 saturated heterocycles. The Hall–Kier alpha value is -1.45. The second kappa shape index (κ2) is 5.74. The van der Waals surface area contributed by atoms with E-state index in [9.17, 15) is 5.11 Å². The molecule has 2 aromatic rings. The molecule has 3 unspecified atom stereocenters. The van der Waals surface area contributed by atoms with Crippen LogP contribution in [0.4, 0.5) is 0 Å². The van der Waals surface area contributed by atoms with Gasteiger partial charge in [0.05, 0.1) is 6.10 Å². The van der Waals surface area contributed by atoms with Crippen molar-refractivity contribution in [2.24, 2.45) is 17.1 Å². The molecule has 1 fully saturated rings. The maximum atomic E-state index is 11.1. The highest BCUT2D eigenvalue weighted by molar-refractivity contribution is 5.85. The second-order valence-electron chi connectivity index (χ2n) is 6.44. The van der Waals surface area contributed by atoms with E-state index < -0.39 is 6.10 Å². The fourth-order valence-electron chi connectivity index (χ4n) is 3.85. The minimum atomic E-state index is -0.530. The molecule has 0 spiro atoms. The Morgan fingerprint density at radius 3 is 2.90 bits per heavy atom. The van der Waals surface area contributed by atoms with E-state index >= 15 is 0 Å². The fourth-order valence-corrected chi connectivity index (χ4v) is 3.85. The summed E-state index contributed by atoms with van der Waals surface area (Å²) in [5.41, 5.74) is 6.83. The number of nitrogens with zero attached hydrogens (tertiary/aromatic N) is 1. The van der Waals surface area contributed by atoms with Crippen LogP contribution in [0, 0.1) is 11.3 Å². The number of hydrogen-bond donors (Lipinski definition) is 2. The van der Waals surface area contributed by atoms with E-state index in [-0.39, 0.29) is 5.41 Å². The van der Waals surface area contributed by atoms with Gasteiger partial charge in [-0.05, 0) is 30.6 Å². The lowest BCUT2D eigenvalue weighted by atomic mass is 9.76. The molecule has 0 amide bonds. The molecule has 1 saturated carbocycles. The maximum absolute atomic E-state index is 11.1. The van der Waals surface area contributed by atoms with Crippen molar-refractivity contribution in [3.05, 3.63) is 42.2 Å². The van der Waals surface area contributed by atoms with Crippen LogP contribution in [0.3, 0.4) is 0 Å². The van der Waals surface area contributed by atoms with Crippen molar-refractivity contribution in [2.45, 2.75) is 38.7 Å². The number of aliphatic hydroxyl groups excluding tert-OH is 1. The molecular weight excluding hydrogens is 260 g/mol. The first kappa shape index (κ1) is 14.5. The molecule has 1 aromatic carbocycles. The van der Waals surface area contributed by atoms with Crippen molar-refractivity contribution < 1.29 is 5.11 Å². The van der Waals surface area contributed by atoms with Gasteiger partial charge in [0.25, 0.3) is 0 Å². The Morgan fingerprint density at radius 1 is 1.38 bits per heavy atom. The summed E-state index contributed by atoms with van der Waals surface area (Å²) in [5, 5.41) is 13.2. The highest BCUT2D eigenvalue weighted by Crippen LogP contribution is 2.50. The first-order valence-electron chi connectivity index (χ1n) is 7.91. The summed E-state index contributed by atoms with van der Waals surface area (Å²) in [7, 11) is 0. The van der Waals surface area contributed by atoms with Gasteiger partial charge >= 0.3 is 0 Å². The Morgan fingerprint density at radius 2 is 2.19 bits per heavy atom. The van der Waals surface area contributed by atoms with Crippen LogP contribution < -0.4 is 5.73 Å². The van der Waals surface area contributed by atoms with E-state index in [4.69, 9.17) is 5.73 Å². The molecule has 3 N–H and O–H groups in total. The summed E-state index contributed by atoms with van der Waals surface area (Å²) in [5.74, 6) is 0.686. The van der Waals surface area contributed by atoms with Gasteiger partial charge < -0.3 is 10.8 Å². The van der Waals surface area contributed by atoms with Gasteiger partial charge in [0.2, 0.25) is 0 Å². The van der Waals surface area contributed by atoms with Gasteiger partial charge in [0.15, 0.2) is 0 Å². The molecule has 1 aromatic heterocycles. The monoisotopic (exact) mass is 284 g/mol. The van der Waals surface area contributed by atoms with Gasteiger partial charge in [0.1, 0.15) is 0 Å². The SMILES string of the molecule is CCC1CCC(CN)(C(O)c2cncc3ccccc23)C1. The van der Waals surface area contributed by atoms with E-state index in [1.54, 1.807) is 0 Å². The Bertz CT molecular complexity index is 622. The van der Waals surface area contributed by atoms with Gasteiger partial charge in [0, 0.05) is 35.3 Å². The summed E-state index contributed by atoms with van der Waals surface area (Å²) in [4.78, 5) is 4.31. The molecule has 21 heavy (non-hydrogen) atoms. The molecule has 3 atom stereocenters. The van der Waals surface area contributed by atoms with Crippen molar-refractivity contribution in [1.82, 2.24) is 4.98 Å². The van der Waals surface area contributed by atoms with E-state index in [0.717, 1.165) is 29.2 Å². The topological polar surface area (TPSA) is 59.1 Å². The Kier molecular flexibility index (Phi) is 3.96. The van der Waals surface area contributed by atoms with Crippen molar-refractivity contribution >= 4 is 10.8 Å². The van der Waals surface area contributed by atoms with Crippen molar-refractivity contribution in [3.63, 3.8) is 0 Å². The molecule has 3 rings (SSSR count). The molecule has 0 radical (unpaired) electrons. The zero-order valence-corrected chi connectivity index (χ0v) is 12.6. The normalized spacial score (nSPS) is 27.1. The third-order valence-corrected chi connectivity index (χ3v) is 5.30. The summed E-state index contributed by atoms with van der Waals surface area (Å²) < 4.78 is 0. The van der Waals surface area contributed by atoms with Crippen LogP contribution in [0.5, 0.6) is 0 Å². The molecule has 1 aliphatic carbocycles. The standard InChI is InChI=1S/C18H24N2O/c1-2-13-7-8-18(9-13,12-19)17(21)16-11-20-10-14-5-3-4-6-15(14)16/h3-6,10-11,13,17,21H,2,7-9,12,19H2,1H3. The zero-order chi connectivity index (χ0) is 14.9. The number of pyridine rings is 1. The predicted octanol–water partition coefficient (Wildman–Crippen LogP) is 3.42. The average molecular weight is 284 g/mol. The quantitative estimate of drug-likeness (QED) is 0.904. The number of aliphatic hydroxyl groups is 1. The van der Waals surface area contributed by atoms with Gasteiger partial charge in [-0.1, -0.05) is 37.6 Å². The highest BCUT2D eigenvalue weighted by atomic mass is 16.3. The molecule has 0 aliphatic heterocycles. The molecule has 112 valence electrons. The molecule has 1 heterocycles. The summed E-state index contributed by atoms with van der Waals surface area (Å²) >= 11 is 0. The average Bonchev–Trinajstić information content (AvgIpc) is 2.98. The maximum Gasteiger partial charge on any atom is 0.0879 e. The van der Waals surface area contributed by atoms with Crippen LogP contribution in [0.1, 0.15) is 44.3 Å². The van der Waals surface area contributed by atoms with Crippen molar-refractivity contribution in [2.75, 3.05) is 6.54 Å². The lowest BCUT2D eigenvalue weighted by Gasteiger charge is -2.34. The third-order valence-electron chi connectivity index (χ3n) is 5.30. The number of aromatic nitrogens is 1. The summed E-state index contributed by atoms with van der Waals surface area (Å²) in [6.07, 6.45) is 7.49. The van der Waals surface area contributed by atoms with Crippen LogP contribution in [-0.4, -0.2) is 16.6 Å². The summed E-state index contributed by atoms with van der Waals surface area (Å²) in [6.45, 7) is 2.76. The minimum absolute atomic E-state index is 0.188. The second-order valence-corrected chi connectivity index (χ2v) is 6.44. The largest absolute Gasteiger partial charge is 0.388 e. The van der Waals surface area contributed by atoms with E-state index in [1.165, 1.54) is 12.8 Å². The van der Waals surface area contributed by atoms with Crippen LogP contribution in [0.25, 0.3) is 10.8 Å². The van der Waals surface area contributed by atoms with Crippen molar-refractivity contribution in [3.8, 4) is 0 Å². The minimum Gasteiger partial charge on any atom is -0.388 e. The molecule has 3 nitrogen and oxygen atoms in total. The van der Waals surface area contributed by atoms with Crippen molar-refractivity contribution in [1.29, 1.82) is 0 Å². The van der Waals surface area contributed by atoms with E-state index in [1.807, 2.05) is 30.6 Å². The Balaban J connectivity index is 2.01. The number of nitrogens with two attached hydrogens (primary N) is 1. The first-order valence-corrected chi connectivity index (χ1v) is 7.91.